The predicted octanol–water partition coefficient (Wildman–Crippen LogP) is 3.16. The second-order valence-corrected chi connectivity index (χ2v) is 4.64. The maximum absolute atomic E-state index is 12.9. The number of hydrogen-bond acceptors (Lipinski definition) is 3. The molecule has 0 amide bonds. The third-order valence-corrected chi connectivity index (χ3v) is 3.24. The van der Waals surface area contributed by atoms with Gasteiger partial charge in [0.1, 0.15) is 11.9 Å². The fourth-order valence-electron chi connectivity index (χ4n) is 2.17. The van der Waals surface area contributed by atoms with Crippen molar-refractivity contribution in [2.24, 2.45) is 0 Å². The van der Waals surface area contributed by atoms with E-state index in [-0.39, 0.29) is 5.82 Å². The summed E-state index contributed by atoms with van der Waals surface area (Å²) in [4.78, 5) is 8.73. The second kappa shape index (κ2) is 4.98. The Balaban J connectivity index is 2.07. The van der Waals surface area contributed by atoms with Gasteiger partial charge in [0.15, 0.2) is 5.82 Å². The van der Waals surface area contributed by atoms with Gasteiger partial charge in [-0.05, 0) is 30.7 Å². The van der Waals surface area contributed by atoms with Gasteiger partial charge in [0.05, 0.1) is 5.52 Å². The SMILES string of the molecule is Cc1nc([C@@H](O)c2ccc(F)cc2)nc2ccccc12. The molecule has 0 aliphatic heterocycles. The van der Waals surface area contributed by atoms with Gasteiger partial charge in [-0.15, -0.1) is 0 Å². The summed E-state index contributed by atoms with van der Waals surface area (Å²) in [5, 5.41) is 11.3. The maximum Gasteiger partial charge on any atom is 0.162 e. The van der Waals surface area contributed by atoms with E-state index in [4.69, 9.17) is 0 Å². The summed E-state index contributed by atoms with van der Waals surface area (Å²) >= 11 is 0. The first-order valence-corrected chi connectivity index (χ1v) is 6.32. The van der Waals surface area contributed by atoms with E-state index in [0.29, 0.717) is 11.4 Å². The highest BCUT2D eigenvalue weighted by Gasteiger charge is 2.15. The van der Waals surface area contributed by atoms with Crippen molar-refractivity contribution in [3.05, 3.63) is 71.4 Å². The Morgan fingerprint density at radius 2 is 1.70 bits per heavy atom. The summed E-state index contributed by atoms with van der Waals surface area (Å²) in [6.45, 7) is 1.88. The number of hydrogen-bond donors (Lipinski definition) is 1. The van der Waals surface area contributed by atoms with Crippen LogP contribution in [0.15, 0.2) is 48.5 Å². The lowest BCUT2D eigenvalue weighted by atomic mass is 10.1. The molecule has 0 fully saturated rings. The molecule has 0 aliphatic rings. The molecular formula is C16H13FN2O. The number of benzene rings is 2. The van der Waals surface area contributed by atoms with Crippen molar-refractivity contribution in [2.75, 3.05) is 0 Å². The van der Waals surface area contributed by atoms with E-state index in [9.17, 15) is 9.50 Å². The molecule has 1 N–H and O–H groups in total. The highest BCUT2D eigenvalue weighted by molar-refractivity contribution is 5.80. The van der Waals surface area contributed by atoms with E-state index >= 15 is 0 Å². The molecule has 1 aromatic heterocycles. The zero-order valence-electron chi connectivity index (χ0n) is 10.9. The average molecular weight is 268 g/mol. The quantitative estimate of drug-likeness (QED) is 0.776. The molecule has 2 aromatic carbocycles. The summed E-state index contributed by atoms with van der Waals surface area (Å²) in [5.41, 5.74) is 2.17. The van der Waals surface area contributed by atoms with Crippen molar-refractivity contribution in [1.29, 1.82) is 0 Å². The Morgan fingerprint density at radius 1 is 1.00 bits per heavy atom. The van der Waals surface area contributed by atoms with Crippen molar-refractivity contribution in [3.63, 3.8) is 0 Å². The van der Waals surface area contributed by atoms with Crippen LogP contribution >= 0.6 is 0 Å². The van der Waals surface area contributed by atoms with Crippen LogP contribution in [0.4, 0.5) is 4.39 Å². The van der Waals surface area contributed by atoms with Crippen LogP contribution < -0.4 is 0 Å². The Labute approximate surface area is 115 Å². The summed E-state index contributed by atoms with van der Waals surface area (Å²) in [7, 11) is 0. The van der Waals surface area contributed by atoms with Crippen molar-refractivity contribution in [3.8, 4) is 0 Å². The van der Waals surface area contributed by atoms with Gasteiger partial charge in [-0.25, -0.2) is 14.4 Å². The van der Waals surface area contributed by atoms with Gasteiger partial charge in [0, 0.05) is 11.1 Å². The average Bonchev–Trinajstić information content (AvgIpc) is 2.47. The Kier molecular flexibility index (Phi) is 3.16. The number of aliphatic hydroxyl groups is 1. The third kappa shape index (κ3) is 2.26. The summed E-state index contributed by atoms with van der Waals surface area (Å²) < 4.78 is 12.9. The first-order chi connectivity index (χ1) is 9.65. The van der Waals surface area contributed by atoms with Crippen molar-refractivity contribution in [1.82, 2.24) is 9.97 Å². The minimum absolute atomic E-state index is 0.327. The van der Waals surface area contributed by atoms with E-state index in [2.05, 4.69) is 9.97 Å². The van der Waals surface area contributed by atoms with E-state index in [1.54, 1.807) is 0 Å². The number of rotatable bonds is 2. The monoisotopic (exact) mass is 268 g/mol. The van der Waals surface area contributed by atoms with Gasteiger partial charge >= 0.3 is 0 Å². The van der Waals surface area contributed by atoms with Gasteiger partial charge in [-0.3, -0.25) is 0 Å². The van der Waals surface area contributed by atoms with Crippen LogP contribution in [0, 0.1) is 12.7 Å². The highest BCUT2D eigenvalue weighted by atomic mass is 19.1. The first-order valence-electron chi connectivity index (χ1n) is 6.32. The van der Waals surface area contributed by atoms with Crippen LogP contribution in [0.2, 0.25) is 0 Å². The largest absolute Gasteiger partial charge is 0.380 e. The number of aryl methyl sites for hydroxylation is 1. The first kappa shape index (κ1) is 12.7. The van der Waals surface area contributed by atoms with Gasteiger partial charge in [-0.1, -0.05) is 30.3 Å². The van der Waals surface area contributed by atoms with Crippen LogP contribution in [0.5, 0.6) is 0 Å². The zero-order valence-corrected chi connectivity index (χ0v) is 10.9. The Hall–Kier alpha value is -2.33. The number of nitrogens with zero attached hydrogens (tertiary/aromatic N) is 2. The molecule has 1 heterocycles. The minimum atomic E-state index is -0.959. The fourth-order valence-corrected chi connectivity index (χ4v) is 2.17. The lowest BCUT2D eigenvalue weighted by Gasteiger charge is -2.11. The maximum atomic E-state index is 12.9. The van der Waals surface area contributed by atoms with Gasteiger partial charge in [0.2, 0.25) is 0 Å². The molecule has 0 saturated carbocycles. The van der Waals surface area contributed by atoms with Crippen molar-refractivity contribution in [2.45, 2.75) is 13.0 Å². The number of para-hydroxylation sites is 1. The number of aliphatic hydroxyl groups excluding tert-OH is 1. The van der Waals surface area contributed by atoms with Crippen LogP contribution in [0.25, 0.3) is 10.9 Å². The molecule has 3 aromatic rings. The second-order valence-electron chi connectivity index (χ2n) is 4.64. The Bertz CT molecular complexity index is 756. The molecule has 0 saturated heterocycles. The molecule has 0 bridgehead atoms. The Morgan fingerprint density at radius 3 is 2.45 bits per heavy atom. The lowest BCUT2D eigenvalue weighted by molar-refractivity contribution is 0.210. The zero-order chi connectivity index (χ0) is 14.1. The molecule has 4 heteroatoms. The summed E-state index contributed by atoms with van der Waals surface area (Å²) in [6, 6.07) is 13.3. The molecule has 0 aliphatic carbocycles. The van der Waals surface area contributed by atoms with Crippen LogP contribution in [0.3, 0.4) is 0 Å². The van der Waals surface area contributed by atoms with Crippen molar-refractivity contribution >= 4 is 10.9 Å². The van der Waals surface area contributed by atoms with E-state index < -0.39 is 6.10 Å². The summed E-state index contributed by atoms with van der Waals surface area (Å²) in [6.07, 6.45) is -0.959. The van der Waals surface area contributed by atoms with Gasteiger partial charge < -0.3 is 5.11 Å². The van der Waals surface area contributed by atoms with Gasteiger partial charge in [-0.2, -0.15) is 0 Å². The van der Waals surface area contributed by atoms with Gasteiger partial charge in [0.25, 0.3) is 0 Å². The molecule has 3 rings (SSSR count). The smallest absolute Gasteiger partial charge is 0.162 e. The van der Waals surface area contributed by atoms with Crippen molar-refractivity contribution < 1.29 is 9.50 Å². The lowest BCUT2D eigenvalue weighted by Crippen LogP contribution is -2.07. The third-order valence-electron chi connectivity index (χ3n) is 3.24. The highest BCUT2D eigenvalue weighted by Crippen LogP contribution is 2.22. The van der Waals surface area contributed by atoms with E-state index in [1.807, 2.05) is 31.2 Å². The van der Waals surface area contributed by atoms with E-state index in [0.717, 1.165) is 16.6 Å². The molecule has 100 valence electrons. The molecule has 0 spiro atoms. The van der Waals surface area contributed by atoms with Crippen LogP contribution in [-0.2, 0) is 0 Å². The molecular weight excluding hydrogens is 255 g/mol. The summed E-state index contributed by atoms with van der Waals surface area (Å²) in [5.74, 6) is -0.00984. The van der Waals surface area contributed by atoms with E-state index in [1.165, 1.54) is 24.3 Å². The fraction of sp³-hybridized carbons (Fsp3) is 0.125. The molecule has 0 radical (unpaired) electrons. The molecule has 1 atom stereocenters. The topological polar surface area (TPSA) is 46.0 Å². The number of aromatic nitrogens is 2. The predicted molar refractivity (Wildman–Crippen MR) is 74.7 cm³/mol. The molecule has 20 heavy (non-hydrogen) atoms. The normalized spacial score (nSPS) is 12.6. The minimum Gasteiger partial charge on any atom is -0.380 e. The number of halogens is 1. The number of fused-ring (bicyclic) bond motifs is 1. The molecule has 3 nitrogen and oxygen atoms in total. The molecule has 0 unspecified atom stereocenters. The standard InChI is InChI=1S/C16H13FN2O/c1-10-13-4-2-3-5-14(13)19-16(18-10)15(20)11-6-8-12(17)9-7-11/h2-9,15,20H,1H3/t15-/m0/s1. The van der Waals surface area contributed by atoms with Crippen LogP contribution in [-0.4, -0.2) is 15.1 Å². The van der Waals surface area contributed by atoms with Crippen LogP contribution in [0.1, 0.15) is 23.2 Å².